The van der Waals surface area contributed by atoms with Crippen LogP contribution in [-0.4, -0.2) is 21.6 Å². The molecule has 17 heavy (non-hydrogen) atoms. The second kappa shape index (κ2) is 4.52. The van der Waals surface area contributed by atoms with Gasteiger partial charge in [0.2, 0.25) is 0 Å². The number of nitro groups is 1. The minimum absolute atomic E-state index is 0.00995. The van der Waals surface area contributed by atoms with Crippen LogP contribution in [0.5, 0.6) is 0 Å². The third kappa shape index (κ3) is 1.88. The Morgan fingerprint density at radius 3 is 2.82 bits per heavy atom. The summed E-state index contributed by atoms with van der Waals surface area (Å²) >= 11 is 0. The molecule has 2 rings (SSSR count). The van der Waals surface area contributed by atoms with Crippen LogP contribution in [0.15, 0.2) is 30.5 Å². The third-order valence-corrected chi connectivity index (χ3v) is 2.75. The Hall–Kier alpha value is -1.92. The molecule has 0 spiro atoms. The van der Waals surface area contributed by atoms with Crippen molar-refractivity contribution in [2.45, 2.75) is 13.2 Å². The molecule has 0 aromatic heterocycles. The lowest BCUT2D eigenvalue weighted by atomic mass is 10.00. The van der Waals surface area contributed by atoms with E-state index in [0.717, 1.165) is 0 Å². The molecule has 1 atom stereocenters. The first-order valence-electron chi connectivity index (χ1n) is 5.20. The van der Waals surface area contributed by atoms with Gasteiger partial charge in [-0.1, -0.05) is 18.2 Å². The van der Waals surface area contributed by atoms with Gasteiger partial charge in [0.1, 0.15) is 0 Å². The average Bonchev–Trinajstić information content (AvgIpc) is 2.36. The molecule has 1 aromatic carbocycles. The summed E-state index contributed by atoms with van der Waals surface area (Å²) in [5.41, 5.74) is 1.07. The second-order valence-electron chi connectivity index (χ2n) is 3.65. The van der Waals surface area contributed by atoms with Crippen LogP contribution in [0.25, 0.3) is 5.70 Å². The smallest absolute Gasteiger partial charge is 0.292 e. The number of hydrogen-bond acceptors (Lipinski definition) is 5. The van der Waals surface area contributed by atoms with E-state index in [1.165, 1.54) is 6.20 Å². The molecule has 0 aliphatic carbocycles. The van der Waals surface area contributed by atoms with Crippen molar-refractivity contribution >= 4 is 5.70 Å². The Morgan fingerprint density at radius 2 is 2.24 bits per heavy atom. The van der Waals surface area contributed by atoms with Gasteiger partial charge in [-0.25, -0.2) is 10.1 Å². The number of hydrogen-bond donors (Lipinski definition) is 1. The molecular formula is C11H12N2O4. The highest BCUT2D eigenvalue weighted by atomic mass is 17.1. The summed E-state index contributed by atoms with van der Waals surface area (Å²) in [4.78, 5) is 16.5. The van der Waals surface area contributed by atoms with Crippen LogP contribution >= 0.6 is 0 Å². The summed E-state index contributed by atoms with van der Waals surface area (Å²) < 4.78 is 0. The van der Waals surface area contributed by atoms with Crippen LogP contribution in [0, 0.1) is 10.1 Å². The Bertz CT molecular complexity index is 472. The van der Waals surface area contributed by atoms with Gasteiger partial charge in [0, 0.05) is 12.1 Å². The normalized spacial score (nSPS) is 18.6. The van der Waals surface area contributed by atoms with Gasteiger partial charge in [-0.3, -0.25) is 10.1 Å². The van der Waals surface area contributed by atoms with Crippen LogP contribution in [0.1, 0.15) is 24.3 Å². The highest BCUT2D eigenvalue weighted by Crippen LogP contribution is 2.34. The van der Waals surface area contributed by atoms with Gasteiger partial charge < -0.3 is 4.90 Å². The predicted molar refractivity (Wildman–Crippen MR) is 60.2 cm³/mol. The van der Waals surface area contributed by atoms with Crippen LogP contribution in [-0.2, 0) is 4.89 Å². The number of benzene rings is 1. The van der Waals surface area contributed by atoms with E-state index in [1.807, 2.05) is 6.92 Å². The molecule has 1 aliphatic rings. The van der Waals surface area contributed by atoms with E-state index in [0.29, 0.717) is 17.7 Å². The number of rotatable bonds is 3. The number of fused-ring (bicyclic) bond motifs is 1. The van der Waals surface area contributed by atoms with E-state index in [4.69, 9.17) is 5.26 Å². The summed E-state index contributed by atoms with van der Waals surface area (Å²) in [6, 6.07) is 6.81. The van der Waals surface area contributed by atoms with Crippen molar-refractivity contribution in [2.75, 3.05) is 6.54 Å². The van der Waals surface area contributed by atoms with E-state index >= 15 is 0 Å². The monoisotopic (exact) mass is 236 g/mol. The standard InChI is InChI=1S/C11H12N2O4/c1-2-12-7-10(13(14)15)8-5-3-4-6-9(8)11(12)17-16/h3-7,11,16H,2H2,1H3. The van der Waals surface area contributed by atoms with Gasteiger partial charge in [0.05, 0.1) is 16.7 Å². The quantitative estimate of drug-likeness (QED) is 0.494. The first kappa shape index (κ1) is 11.6. The third-order valence-electron chi connectivity index (χ3n) is 2.75. The Labute approximate surface area is 97.8 Å². The fourth-order valence-corrected chi connectivity index (χ4v) is 1.94. The highest BCUT2D eigenvalue weighted by molar-refractivity contribution is 5.64. The maximum absolute atomic E-state index is 11.0. The lowest BCUT2D eigenvalue weighted by Crippen LogP contribution is -2.30. The minimum atomic E-state index is -0.695. The van der Waals surface area contributed by atoms with Crippen molar-refractivity contribution in [1.29, 1.82) is 0 Å². The first-order valence-corrected chi connectivity index (χ1v) is 5.20. The average molecular weight is 236 g/mol. The molecule has 1 N–H and O–H groups in total. The zero-order valence-corrected chi connectivity index (χ0v) is 9.24. The van der Waals surface area contributed by atoms with Gasteiger partial charge in [0.25, 0.3) is 5.70 Å². The van der Waals surface area contributed by atoms with E-state index in [1.54, 1.807) is 29.2 Å². The fraction of sp³-hybridized carbons (Fsp3) is 0.273. The van der Waals surface area contributed by atoms with Gasteiger partial charge in [-0.15, -0.1) is 0 Å². The zero-order valence-electron chi connectivity index (χ0n) is 9.24. The van der Waals surface area contributed by atoms with Crippen LogP contribution < -0.4 is 0 Å². The van der Waals surface area contributed by atoms with Crippen LogP contribution in [0.2, 0.25) is 0 Å². The summed E-state index contributed by atoms with van der Waals surface area (Å²) in [5.74, 6) is 0. The second-order valence-corrected chi connectivity index (χ2v) is 3.65. The summed E-state index contributed by atoms with van der Waals surface area (Å²) in [7, 11) is 0. The van der Waals surface area contributed by atoms with E-state index in [2.05, 4.69) is 4.89 Å². The van der Waals surface area contributed by atoms with Crippen molar-refractivity contribution in [1.82, 2.24) is 4.90 Å². The Balaban J connectivity index is 2.57. The number of nitrogens with zero attached hydrogens (tertiary/aromatic N) is 2. The molecule has 0 bridgehead atoms. The highest BCUT2D eigenvalue weighted by Gasteiger charge is 2.32. The molecule has 1 heterocycles. The van der Waals surface area contributed by atoms with Crippen molar-refractivity contribution in [2.24, 2.45) is 0 Å². The van der Waals surface area contributed by atoms with Crippen molar-refractivity contribution in [3.63, 3.8) is 0 Å². The largest absolute Gasteiger partial charge is 0.340 e. The van der Waals surface area contributed by atoms with Crippen molar-refractivity contribution in [3.05, 3.63) is 51.7 Å². The SMILES string of the molecule is CCN1C=C([N+](=O)[O-])c2ccccc2C1OO. The minimum Gasteiger partial charge on any atom is -0.340 e. The zero-order chi connectivity index (χ0) is 12.4. The molecule has 90 valence electrons. The molecule has 6 nitrogen and oxygen atoms in total. The molecule has 0 fully saturated rings. The van der Waals surface area contributed by atoms with Gasteiger partial charge in [-0.2, -0.15) is 0 Å². The van der Waals surface area contributed by atoms with Gasteiger partial charge in [0.15, 0.2) is 6.23 Å². The van der Waals surface area contributed by atoms with E-state index in [9.17, 15) is 10.1 Å². The van der Waals surface area contributed by atoms with Crippen molar-refractivity contribution < 1.29 is 15.1 Å². The molecule has 0 saturated heterocycles. The van der Waals surface area contributed by atoms with E-state index < -0.39 is 11.2 Å². The molecule has 0 radical (unpaired) electrons. The van der Waals surface area contributed by atoms with Crippen LogP contribution in [0.3, 0.4) is 0 Å². The maximum atomic E-state index is 11.0. The van der Waals surface area contributed by atoms with Gasteiger partial charge in [-0.05, 0) is 13.0 Å². The Morgan fingerprint density at radius 1 is 1.53 bits per heavy atom. The molecule has 0 saturated carbocycles. The molecule has 1 aromatic rings. The predicted octanol–water partition coefficient (Wildman–Crippen LogP) is 2.09. The molecule has 6 heteroatoms. The summed E-state index contributed by atoms with van der Waals surface area (Å²) in [5, 5.41) is 19.9. The van der Waals surface area contributed by atoms with Gasteiger partial charge >= 0.3 is 0 Å². The topological polar surface area (TPSA) is 75.8 Å². The molecule has 0 amide bonds. The molecular weight excluding hydrogens is 224 g/mol. The molecule has 1 aliphatic heterocycles. The Kier molecular flexibility index (Phi) is 3.08. The first-order chi connectivity index (χ1) is 8.19. The maximum Gasteiger partial charge on any atom is 0.292 e. The lowest BCUT2D eigenvalue weighted by Gasteiger charge is -2.30. The molecule has 1 unspecified atom stereocenters. The van der Waals surface area contributed by atoms with E-state index in [-0.39, 0.29) is 5.70 Å². The van der Waals surface area contributed by atoms with Crippen LogP contribution in [0.4, 0.5) is 0 Å². The fourth-order valence-electron chi connectivity index (χ4n) is 1.94. The summed E-state index contributed by atoms with van der Waals surface area (Å²) in [6.07, 6.45) is 0.698. The lowest BCUT2D eigenvalue weighted by molar-refractivity contribution is -0.379. The van der Waals surface area contributed by atoms with Crippen molar-refractivity contribution in [3.8, 4) is 0 Å². The summed E-state index contributed by atoms with van der Waals surface area (Å²) in [6.45, 7) is 2.32.